The number of hydrogen-bond acceptors (Lipinski definition) is 18. The van der Waals surface area contributed by atoms with Crippen molar-refractivity contribution >= 4 is 87.8 Å². The normalized spacial score (nSPS) is 14.8. The number of carbonyl (C=O) groups excluding carboxylic acids is 12. The van der Waals surface area contributed by atoms with Gasteiger partial charge in [-0.2, -0.15) is 0 Å². The molecule has 0 saturated carbocycles. The van der Waals surface area contributed by atoms with Gasteiger partial charge in [0.15, 0.2) is 0 Å². The summed E-state index contributed by atoms with van der Waals surface area (Å²) in [6.45, 7) is 14.4. The highest BCUT2D eigenvalue weighted by atomic mass is 16.4. The van der Waals surface area contributed by atoms with Crippen LogP contribution in [0, 0.1) is 23.7 Å². The average molecular weight is 1500 g/mol. The van der Waals surface area contributed by atoms with Crippen molar-refractivity contribution in [2.45, 2.75) is 231 Å². The molecule has 107 heavy (non-hydrogen) atoms. The molecule has 24 N–H and O–H groups in total. The van der Waals surface area contributed by atoms with Gasteiger partial charge in [-0.05, 0) is 131 Å². The summed E-state index contributed by atoms with van der Waals surface area (Å²) in [5.41, 5.74) is 31.1. The van der Waals surface area contributed by atoms with Crippen molar-refractivity contribution in [2.75, 3.05) is 26.2 Å². The van der Waals surface area contributed by atoms with Gasteiger partial charge in [-0.1, -0.05) is 117 Å². The Morgan fingerprint density at radius 1 is 0.477 bits per heavy atom. The van der Waals surface area contributed by atoms with Crippen molar-refractivity contribution in [1.29, 1.82) is 0 Å². The molecule has 33 heteroatoms. The van der Waals surface area contributed by atoms with Crippen LogP contribution < -0.4 is 87.2 Å². The van der Waals surface area contributed by atoms with Crippen molar-refractivity contribution < 1.29 is 67.4 Å². The van der Waals surface area contributed by atoms with E-state index < -0.39 is 168 Å². The minimum Gasteiger partial charge on any atom is -0.480 e. The number of aliphatic carboxylic acids is 1. The maximum absolute atomic E-state index is 14.8. The molecule has 0 unspecified atom stereocenters. The summed E-state index contributed by atoms with van der Waals surface area (Å²) in [6, 6.07) is 1.34. The quantitative estimate of drug-likeness (QED) is 0.0253. The number of carboxylic acids is 1. The molecule has 2 heterocycles. The predicted octanol–water partition coefficient (Wildman–Crippen LogP) is -0.258. The third-order valence-electron chi connectivity index (χ3n) is 18.2. The third kappa shape index (κ3) is 31.6. The summed E-state index contributed by atoms with van der Waals surface area (Å²) in [5, 5.41) is 40.4. The number of aromatic amines is 2. The first-order valence-electron chi connectivity index (χ1n) is 37.1. The molecule has 0 aliphatic rings. The SMILES string of the molecule is CC[C@H](C)[C@H](NC(=O)[C@H](CC(C)C)NC(=O)[C@H](Cc1c[nH]c2ccccc12)NC(=O)CNC(=O)[C@@H](NC(=O)[C@@H](N)CCCCN)C(C)C)C(=O)N[C@@H](CCC(N)=O)C(=O)N[C@@H](CC(C)C)C(=O)N[C@@H](Cc1ccccc1)C(=O)N[C@@H](Cc1cnc[nH]1)C(=O)N[C@H](CCCCN)C(=O)N[C@@H](CCCCN)C(=O)O. The number of nitrogens with two attached hydrogens (primary N) is 5. The van der Waals surface area contributed by atoms with Crippen LogP contribution in [0.5, 0.6) is 0 Å². The van der Waals surface area contributed by atoms with Gasteiger partial charge < -0.3 is 102 Å². The van der Waals surface area contributed by atoms with Gasteiger partial charge in [0.1, 0.15) is 60.4 Å². The summed E-state index contributed by atoms with van der Waals surface area (Å²) < 4.78 is 0. The van der Waals surface area contributed by atoms with Crippen LogP contribution in [0.3, 0.4) is 0 Å². The van der Waals surface area contributed by atoms with E-state index in [4.69, 9.17) is 28.7 Å². The Morgan fingerprint density at radius 2 is 0.944 bits per heavy atom. The van der Waals surface area contributed by atoms with Crippen LogP contribution in [0.25, 0.3) is 10.9 Å². The maximum Gasteiger partial charge on any atom is 0.326 e. The predicted molar refractivity (Wildman–Crippen MR) is 403 cm³/mol. The first-order chi connectivity index (χ1) is 50.9. The average Bonchev–Trinajstić information content (AvgIpc) is 1.75. The molecule has 592 valence electrons. The van der Waals surface area contributed by atoms with Crippen molar-refractivity contribution in [3.05, 3.63) is 90.1 Å². The number of hydrogen-bond donors (Lipinski definition) is 19. The van der Waals surface area contributed by atoms with E-state index in [9.17, 15) is 67.4 Å². The Hall–Kier alpha value is -9.86. The fraction of sp³-hybridized carbons (Fsp3) is 0.595. The molecule has 2 aromatic heterocycles. The Balaban J connectivity index is 1.62. The van der Waals surface area contributed by atoms with Gasteiger partial charge in [-0.25, -0.2) is 9.78 Å². The van der Waals surface area contributed by atoms with E-state index in [1.807, 2.05) is 18.2 Å². The van der Waals surface area contributed by atoms with Crippen molar-refractivity contribution in [3.8, 4) is 0 Å². The van der Waals surface area contributed by atoms with E-state index in [0.29, 0.717) is 81.3 Å². The van der Waals surface area contributed by atoms with Gasteiger partial charge in [0.05, 0.1) is 18.9 Å². The summed E-state index contributed by atoms with van der Waals surface area (Å²) in [6.07, 6.45) is 6.98. The molecule has 0 fully saturated rings. The highest BCUT2D eigenvalue weighted by molar-refractivity contribution is 6.00. The summed E-state index contributed by atoms with van der Waals surface area (Å²) in [4.78, 5) is 192. The number of primary amides is 1. The Kier molecular flexibility index (Phi) is 39.3. The lowest BCUT2D eigenvalue weighted by Gasteiger charge is -2.30. The van der Waals surface area contributed by atoms with Crippen LogP contribution >= 0.6 is 0 Å². The topological polar surface area (TPSA) is 549 Å². The van der Waals surface area contributed by atoms with E-state index in [1.54, 1.807) is 98.0 Å². The first-order valence-corrected chi connectivity index (χ1v) is 37.1. The van der Waals surface area contributed by atoms with Gasteiger partial charge >= 0.3 is 5.97 Å². The molecule has 0 bridgehead atoms. The molecule has 0 aliphatic carbocycles. The number of para-hydroxylation sites is 1. The van der Waals surface area contributed by atoms with Gasteiger partial charge in [0.25, 0.3) is 0 Å². The monoisotopic (exact) mass is 1500 g/mol. The number of carboxylic acid groups (broad SMARTS) is 1. The third-order valence-corrected chi connectivity index (χ3v) is 18.2. The molecule has 12 atom stereocenters. The van der Waals surface area contributed by atoms with E-state index in [-0.39, 0.29) is 69.7 Å². The number of benzene rings is 2. The molecular formula is C74H117N19O14. The van der Waals surface area contributed by atoms with E-state index >= 15 is 0 Å². The molecule has 33 nitrogen and oxygen atoms in total. The lowest BCUT2D eigenvalue weighted by atomic mass is 9.95. The second kappa shape index (κ2) is 47.0. The summed E-state index contributed by atoms with van der Waals surface area (Å²) in [5.74, 6) is -12.5. The molecule has 0 spiro atoms. The highest BCUT2D eigenvalue weighted by Gasteiger charge is 2.38. The lowest BCUT2D eigenvalue weighted by Crippen LogP contribution is -2.61. The van der Waals surface area contributed by atoms with Gasteiger partial charge in [-0.3, -0.25) is 57.5 Å². The number of imidazole rings is 1. The lowest BCUT2D eigenvalue weighted by molar-refractivity contribution is -0.142. The minimum absolute atomic E-state index is 0.0261. The Bertz CT molecular complexity index is 3520. The molecule has 12 amide bonds. The smallest absolute Gasteiger partial charge is 0.326 e. The zero-order valence-electron chi connectivity index (χ0n) is 63.0. The molecule has 4 rings (SSSR count). The highest BCUT2D eigenvalue weighted by Crippen LogP contribution is 2.21. The van der Waals surface area contributed by atoms with E-state index in [0.717, 1.165) is 10.9 Å². The zero-order chi connectivity index (χ0) is 79.3. The molecule has 0 radical (unpaired) electrons. The zero-order valence-corrected chi connectivity index (χ0v) is 63.0. The number of fused-ring (bicyclic) bond motifs is 1. The number of aromatic nitrogens is 3. The van der Waals surface area contributed by atoms with Crippen LogP contribution in [0.1, 0.15) is 162 Å². The van der Waals surface area contributed by atoms with Crippen LogP contribution in [0.15, 0.2) is 73.3 Å². The van der Waals surface area contributed by atoms with Crippen LogP contribution in [-0.2, 0) is 81.6 Å². The van der Waals surface area contributed by atoms with E-state index in [1.165, 1.54) is 12.5 Å². The second-order valence-corrected chi connectivity index (χ2v) is 28.5. The number of nitrogens with one attached hydrogen (secondary N) is 13. The van der Waals surface area contributed by atoms with Gasteiger partial charge in [-0.15, -0.1) is 0 Å². The standard InChI is InChI=1S/C74H117N19O14/c1-9-45(8)63(93-71(103)56(34-43(4)5)89-69(101)58(36-47-38-81-51-25-14-13-23-49(47)51)84-61(95)40-82-72(104)62(44(6)7)92-64(96)50(78)24-15-18-30-75)73(105)86-53(28-29-60(79)94)66(98)88-55(33-42(2)3)67(99)90-57(35-46-21-11-10-12-22-46)68(100)91-59(37-48-39-80-41-83-48)70(102)85-52(26-16-19-31-76)65(97)87-54(74(106)107)27-17-20-32-77/h10-14,21-23,25,38-39,41-45,50,52-59,62-63,81H,9,15-20,24,26-37,40,75-78H2,1-8H3,(H2,79,94)(H,80,83)(H,82,104)(H,84,95)(H,85,102)(H,86,105)(H,87,97)(H,88,98)(H,89,101)(H,90,99)(H,91,100)(H,92,96)(H,93,103)(H,106,107)/t45-,50-,52+,53-,54-,55-,56-,57-,58-,59-,62-,63-/m0/s1. The van der Waals surface area contributed by atoms with Crippen molar-refractivity contribution in [3.63, 3.8) is 0 Å². The van der Waals surface area contributed by atoms with Crippen molar-refractivity contribution in [2.24, 2.45) is 52.3 Å². The number of nitrogens with zero attached hydrogens (tertiary/aromatic N) is 1. The summed E-state index contributed by atoms with van der Waals surface area (Å²) >= 11 is 0. The second-order valence-electron chi connectivity index (χ2n) is 28.5. The van der Waals surface area contributed by atoms with E-state index in [2.05, 4.69) is 73.4 Å². The molecule has 2 aromatic carbocycles. The maximum atomic E-state index is 14.8. The van der Waals surface area contributed by atoms with Crippen LogP contribution in [0.2, 0.25) is 0 Å². The van der Waals surface area contributed by atoms with Crippen LogP contribution in [0.4, 0.5) is 0 Å². The van der Waals surface area contributed by atoms with Gasteiger partial charge in [0, 0.05) is 54.7 Å². The number of amides is 12. The van der Waals surface area contributed by atoms with Crippen molar-refractivity contribution in [1.82, 2.24) is 73.4 Å². The minimum atomic E-state index is -1.58. The Morgan fingerprint density at radius 3 is 1.48 bits per heavy atom. The fourth-order valence-corrected chi connectivity index (χ4v) is 11.9. The largest absolute Gasteiger partial charge is 0.480 e. The van der Waals surface area contributed by atoms with Gasteiger partial charge in [0.2, 0.25) is 70.9 Å². The number of unbranched alkanes of at least 4 members (excludes halogenated alkanes) is 3. The number of carbonyl (C=O) groups is 13. The molecule has 0 saturated heterocycles. The fourth-order valence-electron chi connectivity index (χ4n) is 11.9. The molecule has 4 aromatic rings. The number of H-pyrrole nitrogens is 2. The molecule has 0 aliphatic heterocycles. The molecular weight excluding hydrogens is 1380 g/mol. The van der Waals surface area contributed by atoms with Crippen LogP contribution in [-0.4, -0.2) is 190 Å². The summed E-state index contributed by atoms with van der Waals surface area (Å²) in [7, 11) is 0. The number of rotatable bonds is 51. The first kappa shape index (κ1) is 89.5. The Labute approximate surface area is 625 Å².